The van der Waals surface area contributed by atoms with Gasteiger partial charge in [0.05, 0.1) is 19.6 Å². The number of hydrogen-bond donors (Lipinski definition) is 0. The van der Waals surface area contributed by atoms with E-state index in [4.69, 9.17) is 13.3 Å². The van der Waals surface area contributed by atoms with Gasteiger partial charge in [0.1, 0.15) is 0 Å². The van der Waals surface area contributed by atoms with E-state index in [2.05, 4.69) is 101 Å². The molecule has 1 unspecified atom stereocenters. The van der Waals surface area contributed by atoms with Gasteiger partial charge in [0, 0.05) is 10.3 Å². The fourth-order valence-electron chi connectivity index (χ4n) is 7.32. The van der Waals surface area contributed by atoms with E-state index in [1.807, 2.05) is 0 Å². The molecule has 0 radical (unpaired) electrons. The Morgan fingerprint density at radius 1 is 0.588 bits per heavy atom. The standard InChI is InChI=1S/C27H64O3Si4/c1-16-24(17-2,30-34(14,15)27(22-7,23-8)29-32(11)12)25(18-3,19-4)33(13)28-26(20-5,21-6)31(9)10/h31-33H,16-23H2,1-15H3. The van der Waals surface area contributed by atoms with Gasteiger partial charge in [-0.2, -0.15) is 0 Å². The molecule has 3 nitrogen and oxygen atoms in total. The molecule has 34 heavy (non-hydrogen) atoms. The van der Waals surface area contributed by atoms with Crippen molar-refractivity contribution in [2.24, 2.45) is 0 Å². The van der Waals surface area contributed by atoms with E-state index in [0.29, 0.717) is 0 Å². The summed E-state index contributed by atoms with van der Waals surface area (Å²) in [6, 6.07) is 0. The third-order valence-electron chi connectivity index (χ3n) is 9.90. The van der Waals surface area contributed by atoms with Gasteiger partial charge < -0.3 is 13.3 Å². The van der Waals surface area contributed by atoms with E-state index >= 15 is 0 Å². The van der Waals surface area contributed by atoms with Crippen molar-refractivity contribution >= 4 is 35.2 Å². The molecule has 0 saturated heterocycles. The highest BCUT2D eigenvalue weighted by atomic mass is 28.4. The first kappa shape index (κ1) is 34.7. The molecule has 1 atom stereocenters. The number of rotatable bonds is 18. The number of hydrogen-bond acceptors (Lipinski definition) is 3. The summed E-state index contributed by atoms with van der Waals surface area (Å²) in [5.74, 6) is 0. The normalized spacial score (nSPS) is 15.4. The molecule has 0 bridgehead atoms. The first-order chi connectivity index (χ1) is 15.7. The molecule has 0 aromatic heterocycles. The molecule has 0 fully saturated rings. The molecule has 0 amide bonds. The van der Waals surface area contributed by atoms with Crippen LogP contribution in [0.4, 0.5) is 0 Å². The van der Waals surface area contributed by atoms with Crippen LogP contribution in [0.5, 0.6) is 0 Å². The third kappa shape index (κ3) is 6.59. The molecular formula is C27H64O3Si4. The lowest BCUT2D eigenvalue weighted by molar-refractivity contribution is -0.0350. The summed E-state index contributed by atoms with van der Waals surface area (Å²) in [5, 5.41) is 0.121. The van der Waals surface area contributed by atoms with E-state index in [1.165, 1.54) is 0 Å². The van der Waals surface area contributed by atoms with Crippen LogP contribution in [0, 0.1) is 0 Å². The Morgan fingerprint density at radius 2 is 1.03 bits per heavy atom. The monoisotopic (exact) mass is 548 g/mol. The van der Waals surface area contributed by atoms with Crippen molar-refractivity contribution in [3.8, 4) is 0 Å². The van der Waals surface area contributed by atoms with Crippen LogP contribution >= 0.6 is 0 Å². The van der Waals surface area contributed by atoms with Crippen molar-refractivity contribution in [1.29, 1.82) is 0 Å². The Hall–Kier alpha value is 0.748. The zero-order chi connectivity index (χ0) is 27.0. The largest absolute Gasteiger partial charge is 0.417 e. The van der Waals surface area contributed by atoms with Gasteiger partial charge in [0.15, 0.2) is 18.1 Å². The fourth-order valence-corrected chi connectivity index (χ4v) is 20.8. The molecule has 0 aliphatic heterocycles. The van der Waals surface area contributed by atoms with Crippen LogP contribution in [-0.2, 0) is 13.3 Å². The van der Waals surface area contributed by atoms with E-state index in [9.17, 15) is 0 Å². The van der Waals surface area contributed by atoms with E-state index in [0.717, 1.165) is 51.4 Å². The minimum absolute atomic E-state index is 0.108. The average molecular weight is 549 g/mol. The molecule has 0 spiro atoms. The summed E-state index contributed by atoms with van der Waals surface area (Å²) >= 11 is 0. The maximum absolute atomic E-state index is 7.68. The topological polar surface area (TPSA) is 27.7 Å². The zero-order valence-corrected chi connectivity index (χ0v) is 30.6. The lowest BCUT2D eigenvalue weighted by Crippen LogP contribution is -2.66. The van der Waals surface area contributed by atoms with Crippen LogP contribution in [0.15, 0.2) is 0 Å². The Bertz CT molecular complexity index is 564. The Morgan fingerprint density at radius 3 is 1.29 bits per heavy atom. The summed E-state index contributed by atoms with van der Waals surface area (Å²) in [6.45, 7) is 35.9. The Labute approximate surface area is 221 Å². The van der Waals surface area contributed by atoms with Crippen LogP contribution in [0.3, 0.4) is 0 Å². The summed E-state index contributed by atoms with van der Waals surface area (Å²) < 4.78 is 22.0. The molecule has 0 aliphatic carbocycles. The van der Waals surface area contributed by atoms with Crippen molar-refractivity contribution in [2.75, 3.05) is 0 Å². The van der Waals surface area contributed by atoms with Gasteiger partial charge >= 0.3 is 0 Å². The minimum Gasteiger partial charge on any atom is -0.417 e. The summed E-state index contributed by atoms with van der Waals surface area (Å²) in [4.78, 5) is 0. The Kier molecular flexibility index (Phi) is 14.4. The highest BCUT2D eigenvalue weighted by molar-refractivity contribution is 6.75. The second kappa shape index (κ2) is 14.1. The second-order valence-electron chi connectivity index (χ2n) is 11.7. The fraction of sp³-hybridized carbons (Fsp3) is 1.00. The van der Waals surface area contributed by atoms with Gasteiger partial charge in [-0.05, 0) is 84.1 Å². The first-order valence-electron chi connectivity index (χ1n) is 14.7. The van der Waals surface area contributed by atoms with Crippen LogP contribution in [0.1, 0.15) is 107 Å². The van der Waals surface area contributed by atoms with Crippen molar-refractivity contribution in [3.05, 3.63) is 0 Å². The van der Waals surface area contributed by atoms with Crippen molar-refractivity contribution in [2.45, 2.75) is 174 Å². The van der Waals surface area contributed by atoms with Gasteiger partial charge in [0.25, 0.3) is 0 Å². The molecule has 0 aliphatic rings. The second-order valence-corrected chi connectivity index (χ2v) is 24.2. The smallest absolute Gasteiger partial charge is 0.217 e. The molecule has 7 heteroatoms. The SMILES string of the molecule is CCC(CC)(O[SiH](C)C(CC)(CC)C(CC)(CC)O[Si](C)(C)C(CC)(CC)O[SiH](C)C)[SiH](C)C. The molecule has 0 rings (SSSR count). The predicted octanol–water partition coefficient (Wildman–Crippen LogP) is 8.38. The van der Waals surface area contributed by atoms with E-state index in [-0.39, 0.29) is 21.1 Å². The van der Waals surface area contributed by atoms with Crippen LogP contribution in [0.25, 0.3) is 0 Å². The quantitative estimate of drug-likeness (QED) is 0.161. The zero-order valence-electron chi connectivity index (χ0n) is 26.1. The molecule has 0 saturated carbocycles. The van der Waals surface area contributed by atoms with Gasteiger partial charge in [-0.25, -0.2) is 0 Å². The molecule has 0 aromatic rings. The summed E-state index contributed by atoms with van der Waals surface area (Å²) in [6.07, 6.45) is 8.74. The maximum Gasteiger partial charge on any atom is 0.217 e. The lowest BCUT2D eigenvalue weighted by Gasteiger charge is -2.59. The minimum atomic E-state index is -2.22. The highest BCUT2D eigenvalue weighted by Crippen LogP contribution is 2.57. The van der Waals surface area contributed by atoms with Gasteiger partial charge in [-0.3, -0.25) is 0 Å². The van der Waals surface area contributed by atoms with Crippen LogP contribution in [-0.4, -0.2) is 51.2 Å². The van der Waals surface area contributed by atoms with Crippen LogP contribution in [0.2, 0.25) is 50.9 Å². The van der Waals surface area contributed by atoms with Gasteiger partial charge in [-0.1, -0.05) is 68.5 Å². The molecule has 0 N–H and O–H groups in total. The van der Waals surface area contributed by atoms with E-state index in [1.54, 1.807) is 0 Å². The molecule has 0 aromatic carbocycles. The average Bonchev–Trinajstić information content (AvgIpc) is 2.80. The third-order valence-corrected chi connectivity index (χ3v) is 22.0. The van der Waals surface area contributed by atoms with Crippen molar-refractivity contribution in [1.82, 2.24) is 0 Å². The van der Waals surface area contributed by atoms with E-state index < -0.39 is 35.2 Å². The van der Waals surface area contributed by atoms with Crippen LogP contribution < -0.4 is 0 Å². The lowest BCUT2D eigenvalue weighted by atomic mass is 9.78. The molecular weight excluding hydrogens is 485 g/mol. The highest BCUT2D eigenvalue weighted by Gasteiger charge is 2.59. The van der Waals surface area contributed by atoms with Crippen molar-refractivity contribution in [3.63, 3.8) is 0 Å². The molecule has 206 valence electrons. The summed E-state index contributed by atoms with van der Waals surface area (Å²) in [5.41, 5.74) is -0.152. The maximum atomic E-state index is 7.68. The van der Waals surface area contributed by atoms with Gasteiger partial charge in [0.2, 0.25) is 8.32 Å². The Balaban J connectivity index is 6.73. The first-order valence-corrected chi connectivity index (χ1v) is 25.5. The predicted molar refractivity (Wildman–Crippen MR) is 165 cm³/mol. The van der Waals surface area contributed by atoms with Crippen molar-refractivity contribution < 1.29 is 13.3 Å². The molecule has 0 heterocycles. The summed E-state index contributed by atoms with van der Waals surface area (Å²) in [7, 11) is -6.01. The van der Waals surface area contributed by atoms with Gasteiger partial charge in [-0.15, -0.1) is 0 Å².